The fourth-order valence-electron chi connectivity index (χ4n) is 2.81. The first kappa shape index (κ1) is 15.3. The minimum Gasteiger partial charge on any atom is -0.467 e. The second kappa shape index (κ2) is 6.28. The quantitative estimate of drug-likeness (QED) is 0.873. The van der Waals surface area contributed by atoms with Crippen LogP contribution in [0.1, 0.15) is 34.9 Å². The molecule has 1 atom stereocenters. The summed E-state index contributed by atoms with van der Waals surface area (Å²) >= 11 is 0. The van der Waals surface area contributed by atoms with E-state index < -0.39 is 17.7 Å². The van der Waals surface area contributed by atoms with Gasteiger partial charge in [-0.25, -0.2) is 13.8 Å². The van der Waals surface area contributed by atoms with Gasteiger partial charge in [0.25, 0.3) is 5.91 Å². The standard InChI is InChI=1S/C16H15F2N3O2/c1-23-16-19-7-6-13(20-16)15(22)21-8-2-3-14(21)11-5-4-10(17)9-12(11)18/h4-7,9,14H,2-3,8H2,1H3. The van der Waals surface area contributed by atoms with Crippen molar-refractivity contribution in [3.8, 4) is 6.01 Å². The van der Waals surface area contributed by atoms with Crippen LogP contribution in [0.2, 0.25) is 0 Å². The molecule has 0 spiro atoms. The number of hydrogen-bond donors (Lipinski definition) is 0. The number of carbonyl (C=O) groups excluding carboxylic acids is 1. The molecule has 1 aliphatic rings. The molecule has 1 fully saturated rings. The van der Waals surface area contributed by atoms with Gasteiger partial charge >= 0.3 is 6.01 Å². The van der Waals surface area contributed by atoms with Crippen LogP contribution in [0.4, 0.5) is 8.78 Å². The van der Waals surface area contributed by atoms with E-state index in [-0.39, 0.29) is 17.6 Å². The Morgan fingerprint density at radius 2 is 2.17 bits per heavy atom. The van der Waals surface area contributed by atoms with Gasteiger partial charge in [-0.05, 0) is 25.0 Å². The molecule has 2 aromatic rings. The normalized spacial score (nSPS) is 17.3. The van der Waals surface area contributed by atoms with Crippen LogP contribution in [0.15, 0.2) is 30.5 Å². The van der Waals surface area contributed by atoms with E-state index in [1.807, 2.05) is 0 Å². The molecule has 3 rings (SSSR count). The number of nitrogens with zero attached hydrogens (tertiary/aromatic N) is 3. The molecular formula is C16H15F2N3O2. The molecule has 1 aliphatic heterocycles. The van der Waals surface area contributed by atoms with Gasteiger partial charge in [0.2, 0.25) is 0 Å². The van der Waals surface area contributed by atoms with Crippen LogP contribution in [-0.4, -0.2) is 34.4 Å². The van der Waals surface area contributed by atoms with Crippen molar-refractivity contribution in [2.24, 2.45) is 0 Å². The number of hydrogen-bond acceptors (Lipinski definition) is 4. The lowest BCUT2D eigenvalue weighted by atomic mass is 10.0. The van der Waals surface area contributed by atoms with Crippen molar-refractivity contribution in [3.63, 3.8) is 0 Å². The monoisotopic (exact) mass is 319 g/mol. The molecule has 7 heteroatoms. The molecule has 23 heavy (non-hydrogen) atoms. The third kappa shape index (κ3) is 2.99. The van der Waals surface area contributed by atoms with Crippen LogP contribution >= 0.6 is 0 Å². The molecule has 120 valence electrons. The van der Waals surface area contributed by atoms with E-state index in [1.165, 1.54) is 31.5 Å². The Labute approximate surface area is 131 Å². The first-order valence-electron chi connectivity index (χ1n) is 7.23. The Morgan fingerprint density at radius 3 is 2.91 bits per heavy atom. The summed E-state index contributed by atoms with van der Waals surface area (Å²) in [5.41, 5.74) is 0.504. The maximum absolute atomic E-state index is 14.0. The van der Waals surface area contributed by atoms with Crippen LogP contribution in [0.5, 0.6) is 6.01 Å². The molecule has 1 aromatic carbocycles. The van der Waals surface area contributed by atoms with Crippen molar-refractivity contribution in [2.45, 2.75) is 18.9 Å². The molecule has 0 radical (unpaired) electrons. The lowest BCUT2D eigenvalue weighted by Crippen LogP contribution is -2.31. The largest absolute Gasteiger partial charge is 0.467 e. The second-order valence-electron chi connectivity index (χ2n) is 5.25. The SMILES string of the molecule is COc1nccc(C(=O)N2CCCC2c2ccc(F)cc2F)n1. The summed E-state index contributed by atoms with van der Waals surface area (Å²) in [6.45, 7) is 0.493. The van der Waals surface area contributed by atoms with Gasteiger partial charge in [-0.1, -0.05) is 6.07 Å². The highest BCUT2D eigenvalue weighted by Crippen LogP contribution is 2.34. The summed E-state index contributed by atoms with van der Waals surface area (Å²) in [5, 5.41) is 0. The van der Waals surface area contributed by atoms with Gasteiger partial charge in [0.15, 0.2) is 0 Å². The molecule has 2 heterocycles. The summed E-state index contributed by atoms with van der Waals surface area (Å²) < 4.78 is 32.0. The average molecular weight is 319 g/mol. The Bertz CT molecular complexity index is 739. The third-order valence-electron chi connectivity index (χ3n) is 3.87. The minimum atomic E-state index is -0.644. The highest BCUT2D eigenvalue weighted by molar-refractivity contribution is 5.92. The molecule has 1 unspecified atom stereocenters. The number of likely N-dealkylation sites (tertiary alicyclic amines) is 1. The van der Waals surface area contributed by atoms with E-state index in [1.54, 1.807) is 4.90 Å². The van der Waals surface area contributed by atoms with Crippen molar-refractivity contribution in [2.75, 3.05) is 13.7 Å². The topological polar surface area (TPSA) is 55.3 Å². The summed E-state index contributed by atoms with van der Waals surface area (Å²) in [6, 6.07) is 4.59. The molecular weight excluding hydrogens is 304 g/mol. The molecule has 0 bridgehead atoms. The number of rotatable bonds is 3. The minimum absolute atomic E-state index is 0.0968. The fraction of sp³-hybridized carbons (Fsp3) is 0.312. The van der Waals surface area contributed by atoms with Crippen molar-refractivity contribution in [1.29, 1.82) is 0 Å². The van der Waals surface area contributed by atoms with Crippen LogP contribution in [0, 0.1) is 11.6 Å². The molecule has 0 aliphatic carbocycles. The number of amides is 1. The predicted octanol–water partition coefficient (Wildman–Crippen LogP) is 2.74. The number of methoxy groups -OCH3 is 1. The van der Waals surface area contributed by atoms with Gasteiger partial charge in [0.1, 0.15) is 17.3 Å². The number of aromatic nitrogens is 2. The van der Waals surface area contributed by atoms with Crippen molar-refractivity contribution >= 4 is 5.91 Å². The van der Waals surface area contributed by atoms with Gasteiger partial charge in [-0.3, -0.25) is 4.79 Å². The van der Waals surface area contributed by atoms with Crippen LogP contribution in [0.3, 0.4) is 0 Å². The van der Waals surface area contributed by atoms with Crippen molar-refractivity contribution < 1.29 is 18.3 Å². The van der Waals surface area contributed by atoms with Crippen LogP contribution < -0.4 is 4.74 Å². The molecule has 0 saturated carbocycles. The van der Waals surface area contributed by atoms with Crippen molar-refractivity contribution in [1.82, 2.24) is 14.9 Å². The van der Waals surface area contributed by atoms with E-state index in [2.05, 4.69) is 9.97 Å². The molecule has 5 nitrogen and oxygen atoms in total. The summed E-state index contributed by atoms with van der Waals surface area (Å²) in [4.78, 5) is 22.1. The van der Waals surface area contributed by atoms with Crippen LogP contribution in [-0.2, 0) is 0 Å². The average Bonchev–Trinajstić information content (AvgIpc) is 3.03. The lowest BCUT2D eigenvalue weighted by molar-refractivity contribution is 0.0726. The van der Waals surface area contributed by atoms with Crippen LogP contribution in [0.25, 0.3) is 0 Å². The Hall–Kier alpha value is -2.57. The van der Waals surface area contributed by atoms with Gasteiger partial charge in [0.05, 0.1) is 13.2 Å². The first-order chi connectivity index (χ1) is 11.1. The molecule has 1 amide bonds. The Morgan fingerprint density at radius 1 is 1.35 bits per heavy atom. The first-order valence-corrected chi connectivity index (χ1v) is 7.23. The summed E-state index contributed by atoms with van der Waals surface area (Å²) in [5.74, 6) is -1.60. The van der Waals surface area contributed by atoms with Gasteiger partial charge < -0.3 is 9.64 Å². The van der Waals surface area contributed by atoms with Gasteiger partial charge in [-0.15, -0.1) is 0 Å². The maximum Gasteiger partial charge on any atom is 0.316 e. The smallest absolute Gasteiger partial charge is 0.316 e. The molecule has 1 saturated heterocycles. The maximum atomic E-state index is 14.0. The molecule has 0 N–H and O–H groups in total. The fourth-order valence-corrected chi connectivity index (χ4v) is 2.81. The predicted molar refractivity (Wildman–Crippen MR) is 78.0 cm³/mol. The number of carbonyl (C=O) groups is 1. The van der Waals surface area contributed by atoms with E-state index in [4.69, 9.17) is 4.74 Å². The molecule has 1 aromatic heterocycles. The Kier molecular flexibility index (Phi) is 4.18. The Balaban J connectivity index is 1.90. The highest BCUT2D eigenvalue weighted by atomic mass is 19.1. The van der Waals surface area contributed by atoms with E-state index in [9.17, 15) is 13.6 Å². The second-order valence-corrected chi connectivity index (χ2v) is 5.25. The van der Waals surface area contributed by atoms with E-state index in [0.29, 0.717) is 18.5 Å². The van der Waals surface area contributed by atoms with Crippen molar-refractivity contribution in [3.05, 3.63) is 53.4 Å². The summed E-state index contributed by atoms with van der Waals surface area (Å²) in [7, 11) is 1.41. The highest BCUT2D eigenvalue weighted by Gasteiger charge is 2.33. The van der Waals surface area contributed by atoms with Gasteiger partial charge in [-0.2, -0.15) is 4.98 Å². The number of ether oxygens (including phenoxy) is 1. The zero-order valence-electron chi connectivity index (χ0n) is 12.5. The van der Waals surface area contributed by atoms with E-state index in [0.717, 1.165) is 12.5 Å². The number of halogens is 2. The zero-order chi connectivity index (χ0) is 16.4. The third-order valence-corrected chi connectivity index (χ3v) is 3.87. The van der Waals surface area contributed by atoms with E-state index >= 15 is 0 Å². The zero-order valence-corrected chi connectivity index (χ0v) is 12.5. The number of benzene rings is 1. The lowest BCUT2D eigenvalue weighted by Gasteiger charge is -2.25. The summed E-state index contributed by atoms with van der Waals surface area (Å²) in [6.07, 6.45) is 2.80. The van der Waals surface area contributed by atoms with Gasteiger partial charge in [0, 0.05) is 24.4 Å².